The van der Waals surface area contributed by atoms with Gasteiger partial charge in [-0.05, 0) is 52.0 Å². The maximum Gasteiger partial charge on any atom is 0.509 e. The molecule has 3 aromatic heterocycles. The molecule has 0 aliphatic rings. The lowest BCUT2D eigenvalue weighted by Gasteiger charge is -2.22. The molecule has 4 rings (SSSR count). The minimum absolute atomic E-state index is 0.0510. The van der Waals surface area contributed by atoms with Crippen molar-refractivity contribution >= 4 is 39.8 Å². The second-order valence-corrected chi connectivity index (χ2v) is 11.9. The SMILES string of the molecule is Cc1c(OCC(F)(F)F)ccnc1C[S@](=O)c1nc2ccccc2n1C(=O)N(C)c1ncccc1COC(=O)OC(C)(C)C. The van der Waals surface area contributed by atoms with E-state index < -0.39 is 41.4 Å². The number of hydrogen-bond acceptors (Lipinski definition) is 9. The first kappa shape index (κ1) is 32.4. The third kappa shape index (κ3) is 7.89. The minimum atomic E-state index is -4.54. The van der Waals surface area contributed by atoms with Crippen molar-refractivity contribution < 1.29 is 41.2 Å². The summed E-state index contributed by atoms with van der Waals surface area (Å²) in [6, 6.07) is 10.6. The average Bonchev–Trinajstić information content (AvgIpc) is 3.34. The molecule has 0 radical (unpaired) electrons. The number of halogens is 3. The van der Waals surface area contributed by atoms with E-state index in [-0.39, 0.29) is 40.3 Å². The molecule has 1 atom stereocenters. The summed E-state index contributed by atoms with van der Waals surface area (Å²) in [5, 5.41) is -0.103. The molecule has 1 aromatic carbocycles. The number of pyridine rings is 2. The van der Waals surface area contributed by atoms with Crippen molar-refractivity contribution in [3.8, 4) is 5.75 Å². The van der Waals surface area contributed by atoms with E-state index >= 15 is 0 Å². The molecular weight excluding hydrogens is 603 g/mol. The zero-order valence-electron chi connectivity index (χ0n) is 24.5. The first-order chi connectivity index (χ1) is 20.6. The van der Waals surface area contributed by atoms with Crippen molar-refractivity contribution in [2.45, 2.75) is 57.0 Å². The quantitative estimate of drug-likeness (QED) is 0.217. The predicted molar refractivity (Wildman–Crippen MR) is 155 cm³/mol. The molecule has 3 heterocycles. The van der Waals surface area contributed by atoms with Crippen LogP contribution in [0.5, 0.6) is 5.75 Å². The summed E-state index contributed by atoms with van der Waals surface area (Å²) >= 11 is 0. The first-order valence-electron chi connectivity index (χ1n) is 13.2. The number of carbonyl (C=O) groups is 2. The van der Waals surface area contributed by atoms with Crippen LogP contribution in [-0.4, -0.2) is 61.3 Å². The van der Waals surface area contributed by atoms with Gasteiger partial charge < -0.3 is 14.2 Å². The van der Waals surface area contributed by atoms with Gasteiger partial charge in [0.25, 0.3) is 0 Å². The lowest BCUT2D eigenvalue weighted by molar-refractivity contribution is -0.153. The molecule has 0 fully saturated rings. The summed E-state index contributed by atoms with van der Waals surface area (Å²) in [4.78, 5) is 40.2. The molecule has 0 aliphatic carbocycles. The minimum Gasteiger partial charge on any atom is -0.484 e. The average molecular weight is 634 g/mol. The molecule has 0 unspecified atom stereocenters. The van der Waals surface area contributed by atoms with E-state index in [1.807, 2.05) is 0 Å². The third-order valence-corrected chi connectivity index (χ3v) is 7.27. The molecule has 0 saturated carbocycles. The van der Waals surface area contributed by atoms with Gasteiger partial charge in [0.05, 0.1) is 33.3 Å². The van der Waals surface area contributed by atoms with Gasteiger partial charge in [-0.1, -0.05) is 18.2 Å². The maximum atomic E-state index is 14.0. The van der Waals surface area contributed by atoms with Crippen LogP contribution in [0.2, 0.25) is 0 Å². The summed E-state index contributed by atoms with van der Waals surface area (Å²) in [7, 11) is -0.524. The summed E-state index contributed by atoms with van der Waals surface area (Å²) in [5.41, 5.74) is 0.882. The Morgan fingerprint density at radius 2 is 1.75 bits per heavy atom. The Kier molecular flexibility index (Phi) is 9.56. The highest BCUT2D eigenvalue weighted by molar-refractivity contribution is 7.84. The molecule has 0 N–H and O–H groups in total. The third-order valence-electron chi connectivity index (χ3n) is 6.05. The normalized spacial score (nSPS) is 12.5. The van der Waals surface area contributed by atoms with Crippen molar-refractivity contribution in [3.05, 3.63) is 71.7 Å². The predicted octanol–water partition coefficient (Wildman–Crippen LogP) is 5.94. The van der Waals surface area contributed by atoms with Gasteiger partial charge in [-0.3, -0.25) is 14.1 Å². The standard InChI is InChI=1S/C29H30F3N5O6S/c1-18-21(33-14-12-23(18)42-17-29(30,31)32)16-44(40)25-35-20-10-6-7-11-22(20)37(25)26(38)36(5)24-19(9-8-13-34-24)15-41-27(39)43-28(2,3)4/h6-14H,15-17H2,1-5H3/t44-/m0/s1. The van der Waals surface area contributed by atoms with E-state index in [1.165, 1.54) is 41.9 Å². The van der Waals surface area contributed by atoms with Gasteiger partial charge in [-0.15, -0.1) is 0 Å². The number of fused-ring (bicyclic) bond motifs is 1. The lowest BCUT2D eigenvalue weighted by Crippen LogP contribution is -2.34. The summed E-state index contributed by atoms with van der Waals surface area (Å²) in [6.07, 6.45) is -2.71. The highest BCUT2D eigenvalue weighted by Gasteiger charge is 2.30. The number of rotatable bonds is 8. The molecule has 1 amide bonds. The van der Waals surface area contributed by atoms with E-state index in [4.69, 9.17) is 14.2 Å². The van der Waals surface area contributed by atoms with Crippen LogP contribution in [0.1, 0.15) is 37.6 Å². The highest BCUT2D eigenvalue weighted by Crippen LogP contribution is 2.27. The molecule has 0 spiro atoms. The number of amides is 1. The van der Waals surface area contributed by atoms with E-state index in [9.17, 15) is 27.0 Å². The van der Waals surface area contributed by atoms with Crippen LogP contribution in [0.15, 0.2) is 60.0 Å². The Morgan fingerprint density at radius 1 is 1.02 bits per heavy atom. The highest BCUT2D eigenvalue weighted by atomic mass is 32.2. The van der Waals surface area contributed by atoms with Crippen LogP contribution < -0.4 is 9.64 Å². The summed E-state index contributed by atoms with van der Waals surface area (Å²) in [5.74, 6) is -0.138. The van der Waals surface area contributed by atoms with Crippen molar-refractivity contribution in [1.29, 1.82) is 0 Å². The number of para-hydroxylation sites is 2. The number of carbonyl (C=O) groups excluding carboxylic acids is 2. The van der Waals surface area contributed by atoms with Crippen molar-refractivity contribution in [3.63, 3.8) is 0 Å². The number of imidazole rings is 1. The smallest absolute Gasteiger partial charge is 0.484 e. The van der Waals surface area contributed by atoms with Crippen molar-refractivity contribution in [2.75, 3.05) is 18.6 Å². The molecule has 234 valence electrons. The van der Waals surface area contributed by atoms with Gasteiger partial charge in [-0.2, -0.15) is 13.2 Å². The maximum absolute atomic E-state index is 14.0. The van der Waals surface area contributed by atoms with Gasteiger partial charge in [0.2, 0.25) is 5.16 Å². The number of alkyl halides is 3. The van der Waals surface area contributed by atoms with Crippen LogP contribution in [0.25, 0.3) is 11.0 Å². The van der Waals surface area contributed by atoms with Crippen LogP contribution in [-0.2, 0) is 32.6 Å². The molecular formula is C29H30F3N5O6S. The van der Waals surface area contributed by atoms with Crippen LogP contribution in [0, 0.1) is 6.92 Å². The van der Waals surface area contributed by atoms with Gasteiger partial charge in [-0.25, -0.2) is 24.1 Å². The number of anilines is 1. The van der Waals surface area contributed by atoms with Gasteiger partial charge >= 0.3 is 18.4 Å². The summed E-state index contributed by atoms with van der Waals surface area (Å²) in [6.45, 7) is 4.87. The topological polar surface area (TPSA) is 126 Å². The van der Waals surface area contributed by atoms with E-state index in [2.05, 4.69) is 15.0 Å². The van der Waals surface area contributed by atoms with E-state index in [1.54, 1.807) is 57.2 Å². The Bertz CT molecular complexity index is 1700. The molecule has 0 aliphatic heterocycles. The largest absolute Gasteiger partial charge is 0.509 e. The number of benzene rings is 1. The second-order valence-electron chi connectivity index (χ2n) is 10.6. The Balaban J connectivity index is 1.64. The number of aromatic nitrogens is 4. The van der Waals surface area contributed by atoms with Gasteiger partial charge in [0.1, 0.15) is 23.8 Å². The van der Waals surface area contributed by atoms with Crippen LogP contribution in [0.4, 0.5) is 28.6 Å². The fourth-order valence-corrected chi connectivity index (χ4v) is 5.30. The monoisotopic (exact) mass is 633 g/mol. The Labute approximate surface area is 253 Å². The second kappa shape index (κ2) is 13.0. The first-order valence-corrected chi connectivity index (χ1v) is 14.5. The molecule has 0 bridgehead atoms. The number of nitrogens with zero attached hydrogens (tertiary/aromatic N) is 5. The van der Waals surface area contributed by atoms with E-state index in [0.29, 0.717) is 16.6 Å². The Hall–Kier alpha value is -4.53. The lowest BCUT2D eigenvalue weighted by atomic mass is 10.2. The molecule has 4 aromatic rings. The zero-order chi connectivity index (χ0) is 32.2. The fraction of sp³-hybridized carbons (Fsp3) is 0.345. The molecule has 11 nitrogen and oxygen atoms in total. The Morgan fingerprint density at radius 3 is 2.45 bits per heavy atom. The van der Waals surface area contributed by atoms with Crippen LogP contribution in [0.3, 0.4) is 0 Å². The van der Waals surface area contributed by atoms with Crippen molar-refractivity contribution in [1.82, 2.24) is 19.5 Å². The van der Waals surface area contributed by atoms with Gasteiger partial charge in [0, 0.05) is 30.6 Å². The number of hydrogen-bond donors (Lipinski definition) is 0. The summed E-state index contributed by atoms with van der Waals surface area (Å²) < 4.78 is 68.3. The van der Waals surface area contributed by atoms with Crippen LogP contribution >= 0.6 is 0 Å². The zero-order valence-corrected chi connectivity index (χ0v) is 25.4. The fourth-order valence-electron chi connectivity index (χ4n) is 4.05. The van der Waals surface area contributed by atoms with Gasteiger partial charge in [0.15, 0.2) is 6.61 Å². The van der Waals surface area contributed by atoms with Crippen molar-refractivity contribution in [2.24, 2.45) is 0 Å². The number of ether oxygens (including phenoxy) is 3. The molecule has 44 heavy (non-hydrogen) atoms. The molecule has 15 heteroatoms. The van der Waals surface area contributed by atoms with E-state index in [0.717, 1.165) is 0 Å². The molecule has 0 saturated heterocycles.